The highest BCUT2D eigenvalue weighted by Crippen LogP contribution is 2.25. The topological polar surface area (TPSA) is 69.7 Å². The van der Waals surface area contributed by atoms with E-state index in [2.05, 4.69) is 4.98 Å². The zero-order valence-electron chi connectivity index (χ0n) is 8.04. The molecule has 0 fully saturated rings. The predicted octanol–water partition coefficient (Wildman–Crippen LogP) is 2.68. The number of thiazole rings is 1. The van der Waals surface area contributed by atoms with Crippen molar-refractivity contribution in [2.45, 2.75) is 0 Å². The summed E-state index contributed by atoms with van der Waals surface area (Å²) < 4.78 is 5.41. The molecule has 0 aliphatic rings. The van der Waals surface area contributed by atoms with E-state index in [0.717, 1.165) is 0 Å². The molecule has 0 atom stereocenters. The molecule has 0 aliphatic heterocycles. The highest BCUT2D eigenvalue weighted by molar-refractivity contribution is 7.07. The van der Waals surface area contributed by atoms with E-state index in [1.165, 1.54) is 17.4 Å². The Morgan fingerprint density at radius 3 is 2.75 bits per heavy atom. The SMILES string of the molecule is N#Cc1ccc(C#N)c(Oc2cscn2)c1. The molecule has 2 rings (SSSR count). The van der Waals surface area contributed by atoms with Crippen molar-refractivity contribution in [3.8, 4) is 23.8 Å². The summed E-state index contributed by atoms with van der Waals surface area (Å²) in [6.07, 6.45) is 0. The first kappa shape index (κ1) is 10.2. The third-order valence-corrected chi connectivity index (χ3v) is 2.42. The van der Waals surface area contributed by atoms with Gasteiger partial charge in [-0.25, -0.2) is 4.98 Å². The standard InChI is InChI=1S/C11H5N3OS/c12-4-8-1-2-9(5-13)10(3-8)15-11-6-16-7-14-11/h1-3,6-7H. The average molecular weight is 227 g/mol. The molecule has 0 radical (unpaired) electrons. The van der Waals surface area contributed by atoms with Gasteiger partial charge in [0.05, 0.1) is 28.1 Å². The molecule has 0 saturated carbocycles. The van der Waals surface area contributed by atoms with Gasteiger partial charge in [0, 0.05) is 0 Å². The van der Waals surface area contributed by atoms with Gasteiger partial charge in [-0.15, -0.1) is 11.3 Å². The highest BCUT2D eigenvalue weighted by atomic mass is 32.1. The average Bonchev–Trinajstić information content (AvgIpc) is 2.82. The van der Waals surface area contributed by atoms with Crippen molar-refractivity contribution in [1.82, 2.24) is 4.98 Å². The third-order valence-electron chi connectivity index (χ3n) is 1.86. The first-order chi connectivity index (χ1) is 7.83. The maximum Gasteiger partial charge on any atom is 0.230 e. The molecule has 1 aromatic carbocycles. The third kappa shape index (κ3) is 2.00. The van der Waals surface area contributed by atoms with Crippen LogP contribution in [0.4, 0.5) is 0 Å². The Kier molecular flexibility index (Phi) is 2.81. The summed E-state index contributed by atoms with van der Waals surface area (Å²) in [6, 6.07) is 8.65. The second kappa shape index (κ2) is 4.43. The normalized spacial score (nSPS) is 9.12. The fourth-order valence-electron chi connectivity index (χ4n) is 1.13. The first-order valence-corrected chi connectivity index (χ1v) is 5.28. The van der Waals surface area contributed by atoms with Gasteiger partial charge >= 0.3 is 0 Å². The van der Waals surface area contributed by atoms with Crippen molar-refractivity contribution < 1.29 is 4.74 Å². The van der Waals surface area contributed by atoms with Gasteiger partial charge in [-0.05, 0) is 18.2 Å². The molecule has 0 spiro atoms. The number of ether oxygens (including phenoxy) is 1. The summed E-state index contributed by atoms with van der Waals surface area (Å²) in [7, 11) is 0. The predicted molar refractivity (Wildman–Crippen MR) is 58.1 cm³/mol. The van der Waals surface area contributed by atoms with Gasteiger partial charge in [0.2, 0.25) is 5.88 Å². The van der Waals surface area contributed by atoms with E-state index in [-0.39, 0.29) is 0 Å². The van der Waals surface area contributed by atoms with E-state index in [4.69, 9.17) is 15.3 Å². The van der Waals surface area contributed by atoms with Crippen LogP contribution >= 0.6 is 11.3 Å². The lowest BCUT2D eigenvalue weighted by Gasteiger charge is -2.03. The fourth-order valence-corrected chi connectivity index (χ4v) is 1.58. The van der Waals surface area contributed by atoms with Gasteiger partial charge in [0.1, 0.15) is 11.8 Å². The molecule has 1 aromatic heterocycles. The van der Waals surface area contributed by atoms with Crippen LogP contribution < -0.4 is 4.74 Å². The Morgan fingerprint density at radius 2 is 2.12 bits per heavy atom. The molecule has 0 saturated heterocycles. The molecule has 76 valence electrons. The second-order valence-electron chi connectivity index (χ2n) is 2.86. The molecular weight excluding hydrogens is 222 g/mol. The van der Waals surface area contributed by atoms with Crippen LogP contribution in [0.25, 0.3) is 0 Å². The zero-order chi connectivity index (χ0) is 11.4. The van der Waals surface area contributed by atoms with E-state index in [1.54, 1.807) is 23.0 Å². The van der Waals surface area contributed by atoms with Crippen LogP contribution in [-0.4, -0.2) is 4.98 Å². The molecule has 2 aromatic rings. The molecule has 0 N–H and O–H groups in total. The monoisotopic (exact) mass is 227 g/mol. The number of benzene rings is 1. The Balaban J connectivity index is 2.39. The summed E-state index contributed by atoms with van der Waals surface area (Å²) in [5, 5.41) is 19.4. The summed E-state index contributed by atoms with van der Waals surface area (Å²) in [5.41, 5.74) is 2.46. The van der Waals surface area contributed by atoms with Crippen molar-refractivity contribution >= 4 is 11.3 Å². The Hall–Kier alpha value is -2.37. The second-order valence-corrected chi connectivity index (χ2v) is 3.58. The number of nitriles is 2. The summed E-state index contributed by atoms with van der Waals surface area (Å²) >= 11 is 1.40. The molecule has 0 unspecified atom stereocenters. The zero-order valence-corrected chi connectivity index (χ0v) is 8.86. The van der Waals surface area contributed by atoms with E-state index >= 15 is 0 Å². The van der Waals surface area contributed by atoms with Crippen molar-refractivity contribution in [3.05, 3.63) is 40.2 Å². The molecule has 4 nitrogen and oxygen atoms in total. The summed E-state index contributed by atoms with van der Waals surface area (Å²) in [4.78, 5) is 3.95. The van der Waals surface area contributed by atoms with E-state index in [0.29, 0.717) is 22.8 Å². The number of nitrogens with zero attached hydrogens (tertiary/aromatic N) is 3. The summed E-state index contributed by atoms with van der Waals surface area (Å²) in [6.45, 7) is 0. The van der Waals surface area contributed by atoms with Gasteiger partial charge in [0.15, 0.2) is 0 Å². The molecule has 0 aliphatic carbocycles. The van der Waals surface area contributed by atoms with Crippen molar-refractivity contribution in [3.63, 3.8) is 0 Å². The Bertz CT molecular complexity index is 578. The number of rotatable bonds is 2. The van der Waals surface area contributed by atoms with Gasteiger partial charge < -0.3 is 4.74 Å². The Labute approximate surface area is 96.0 Å². The smallest absolute Gasteiger partial charge is 0.230 e. The lowest BCUT2D eigenvalue weighted by Crippen LogP contribution is -1.89. The van der Waals surface area contributed by atoms with Crippen molar-refractivity contribution in [1.29, 1.82) is 10.5 Å². The van der Waals surface area contributed by atoms with E-state index in [1.807, 2.05) is 12.1 Å². The molecule has 1 heterocycles. The van der Waals surface area contributed by atoms with Crippen LogP contribution in [0.2, 0.25) is 0 Å². The van der Waals surface area contributed by atoms with Gasteiger partial charge in [-0.2, -0.15) is 10.5 Å². The maximum absolute atomic E-state index is 8.88. The molecule has 0 amide bonds. The van der Waals surface area contributed by atoms with E-state index < -0.39 is 0 Å². The van der Waals surface area contributed by atoms with Crippen molar-refractivity contribution in [2.24, 2.45) is 0 Å². The fraction of sp³-hybridized carbons (Fsp3) is 0. The number of hydrogen-bond donors (Lipinski definition) is 0. The Morgan fingerprint density at radius 1 is 1.25 bits per heavy atom. The van der Waals surface area contributed by atoms with Crippen LogP contribution in [-0.2, 0) is 0 Å². The van der Waals surface area contributed by atoms with Crippen LogP contribution in [0.3, 0.4) is 0 Å². The van der Waals surface area contributed by atoms with Gasteiger partial charge in [0.25, 0.3) is 0 Å². The molecule has 0 bridgehead atoms. The lowest BCUT2D eigenvalue weighted by molar-refractivity contribution is 0.465. The minimum Gasteiger partial charge on any atom is -0.437 e. The minimum atomic E-state index is 0.354. The quantitative estimate of drug-likeness (QED) is 0.790. The van der Waals surface area contributed by atoms with Crippen LogP contribution in [0.15, 0.2) is 29.1 Å². The van der Waals surface area contributed by atoms with Crippen LogP contribution in [0, 0.1) is 22.7 Å². The highest BCUT2D eigenvalue weighted by Gasteiger charge is 2.07. The molecular formula is C11H5N3OS. The van der Waals surface area contributed by atoms with Crippen molar-refractivity contribution in [2.75, 3.05) is 0 Å². The van der Waals surface area contributed by atoms with Gasteiger partial charge in [-0.3, -0.25) is 0 Å². The summed E-state index contributed by atoms with van der Waals surface area (Å²) in [5.74, 6) is 0.782. The largest absolute Gasteiger partial charge is 0.437 e. The van der Waals surface area contributed by atoms with Gasteiger partial charge in [-0.1, -0.05) is 0 Å². The minimum absolute atomic E-state index is 0.354. The van der Waals surface area contributed by atoms with E-state index in [9.17, 15) is 0 Å². The van der Waals surface area contributed by atoms with Crippen LogP contribution in [0.5, 0.6) is 11.6 Å². The maximum atomic E-state index is 8.88. The number of hydrogen-bond acceptors (Lipinski definition) is 5. The molecule has 16 heavy (non-hydrogen) atoms. The first-order valence-electron chi connectivity index (χ1n) is 4.34. The number of aromatic nitrogens is 1. The van der Waals surface area contributed by atoms with Crippen LogP contribution in [0.1, 0.15) is 11.1 Å². The lowest BCUT2D eigenvalue weighted by atomic mass is 10.1. The molecule has 5 heteroatoms.